The van der Waals surface area contributed by atoms with E-state index in [2.05, 4.69) is 5.32 Å². The minimum absolute atomic E-state index is 0.0119. The summed E-state index contributed by atoms with van der Waals surface area (Å²) in [6, 6.07) is 18.9. The Labute approximate surface area is 263 Å². The molecule has 1 amide bonds. The molecule has 0 heterocycles. The quantitative estimate of drug-likeness (QED) is 0.167. The van der Waals surface area contributed by atoms with Gasteiger partial charge in [0.2, 0.25) is 0 Å². The molecule has 4 aromatic rings. The van der Waals surface area contributed by atoms with Gasteiger partial charge in [-0.1, -0.05) is 65.7 Å². The van der Waals surface area contributed by atoms with Gasteiger partial charge in [-0.25, -0.2) is 13.2 Å². The molecule has 0 aromatic heterocycles. The molecule has 0 spiro atoms. The smallest absolute Gasteiger partial charge is 0.326 e. The molecule has 4 rings (SSSR count). The van der Waals surface area contributed by atoms with Crippen LogP contribution < -0.4 is 15.9 Å². The van der Waals surface area contributed by atoms with E-state index in [0.717, 1.165) is 6.26 Å². The molecule has 0 saturated heterocycles. The summed E-state index contributed by atoms with van der Waals surface area (Å²) >= 11 is 12.8. The van der Waals surface area contributed by atoms with Crippen molar-refractivity contribution in [2.24, 2.45) is 0 Å². The third-order valence-electron chi connectivity index (χ3n) is 6.56. The lowest BCUT2D eigenvalue weighted by Crippen LogP contribution is -2.42. The van der Waals surface area contributed by atoms with Crippen molar-refractivity contribution in [2.75, 3.05) is 6.26 Å². The lowest BCUT2D eigenvalue weighted by atomic mass is 10.0. The molecule has 4 aromatic carbocycles. The molecule has 9 nitrogen and oxygen atoms in total. The topological polar surface area (TPSA) is 158 Å². The van der Waals surface area contributed by atoms with Crippen molar-refractivity contribution in [1.29, 1.82) is 0 Å². The van der Waals surface area contributed by atoms with Crippen molar-refractivity contribution in [1.82, 2.24) is 5.32 Å². The number of aromatic hydroxyl groups is 2. The number of benzene rings is 4. The summed E-state index contributed by atoms with van der Waals surface area (Å²) in [5.41, 5.74) is 0.552. The number of carbonyl (C=O) groups excluding carboxylic acids is 1. The Morgan fingerprint density at radius 3 is 1.93 bits per heavy atom. The van der Waals surface area contributed by atoms with Gasteiger partial charge in [0.25, 0.3) is 5.91 Å². The van der Waals surface area contributed by atoms with Crippen molar-refractivity contribution >= 4 is 68.7 Å². The van der Waals surface area contributed by atoms with E-state index in [1.165, 1.54) is 66.5 Å². The summed E-state index contributed by atoms with van der Waals surface area (Å²) in [7, 11) is -7.08. The third-order valence-corrected chi connectivity index (χ3v) is 10.9. The normalized spacial score (nSPS) is 12.6. The van der Waals surface area contributed by atoms with Crippen LogP contribution in [0.4, 0.5) is 0 Å². The number of carboxylic acid groups (broad SMARTS) is 1. The Hall–Kier alpha value is -4.08. The molecule has 0 saturated carbocycles. The van der Waals surface area contributed by atoms with Crippen molar-refractivity contribution in [3.05, 3.63) is 117 Å². The van der Waals surface area contributed by atoms with E-state index >= 15 is 0 Å². The van der Waals surface area contributed by atoms with Crippen LogP contribution in [0.2, 0.25) is 10.0 Å². The van der Waals surface area contributed by atoms with Crippen LogP contribution in [0, 0.1) is 0 Å². The van der Waals surface area contributed by atoms with E-state index in [0.29, 0.717) is 21.7 Å². The van der Waals surface area contributed by atoms with Gasteiger partial charge in [0.1, 0.15) is 17.5 Å². The van der Waals surface area contributed by atoms with Crippen LogP contribution in [-0.2, 0) is 25.6 Å². The standard InChI is InChI=1S/C31H26Cl2NO8PS/c1-44(41,42)25-10-2-5-19(13-25)16-28(31(38)39)34-30(37)29-26(32)14-20(15-27(29)33)11-12-43(40,23-8-3-6-21(35)17-23)24-9-4-7-22(36)18-24/h2-15,17-18,28,35-36H,16H2,1H3,(H,34,37)(H,38,39)/b12-11+/t28-/m0/s1. The molecule has 0 aliphatic rings. The number of rotatable bonds is 10. The molecule has 0 fully saturated rings. The van der Waals surface area contributed by atoms with Crippen molar-refractivity contribution in [3.8, 4) is 11.5 Å². The Balaban J connectivity index is 1.62. The van der Waals surface area contributed by atoms with Crippen molar-refractivity contribution in [3.63, 3.8) is 0 Å². The maximum atomic E-state index is 14.3. The zero-order chi connectivity index (χ0) is 32.2. The van der Waals surface area contributed by atoms with Crippen LogP contribution in [-0.4, -0.2) is 47.9 Å². The van der Waals surface area contributed by atoms with Crippen LogP contribution in [0.15, 0.2) is 95.6 Å². The first-order valence-electron chi connectivity index (χ1n) is 12.9. The largest absolute Gasteiger partial charge is 0.508 e. The molecule has 228 valence electrons. The number of phenols is 2. The second-order valence-electron chi connectivity index (χ2n) is 9.86. The van der Waals surface area contributed by atoms with Crippen LogP contribution in [0.25, 0.3) is 6.08 Å². The molecular formula is C31H26Cl2NO8PS. The summed E-state index contributed by atoms with van der Waals surface area (Å²) in [4.78, 5) is 25.1. The SMILES string of the molecule is CS(=O)(=O)c1cccc(C[C@H](NC(=O)c2c(Cl)cc(/C=C/P(=O)(c3cccc(O)c3)c3cccc(O)c3)cc2Cl)C(=O)O)c1. The van der Waals surface area contributed by atoms with Crippen LogP contribution >= 0.6 is 30.3 Å². The first-order chi connectivity index (χ1) is 20.7. The van der Waals surface area contributed by atoms with E-state index in [9.17, 15) is 37.9 Å². The number of phenolic OH excluding ortho intramolecular Hbond substituents is 2. The summed E-state index contributed by atoms with van der Waals surface area (Å²) in [5.74, 6) is -1.01. The van der Waals surface area contributed by atoms with E-state index in [4.69, 9.17) is 23.2 Å². The first-order valence-corrected chi connectivity index (χ1v) is 17.3. The monoisotopic (exact) mass is 673 g/mol. The molecule has 0 bridgehead atoms. The highest BCUT2D eigenvalue weighted by molar-refractivity contribution is 7.90. The maximum absolute atomic E-state index is 14.3. The average molecular weight is 674 g/mol. The predicted octanol–water partition coefficient (Wildman–Crippen LogP) is 5.22. The van der Waals surface area contributed by atoms with Gasteiger partial charge in [-0.05, 0) is 65.5 Å². The maximum Gasteiger partial charge on any atom is 0.326 e. The molecule has 0 aliphatic carbocycles. The lowest BCUT2D eigenvalue weighted by Gasteiger charge is -2.17. The number of nitrogens with one attached hydrogen (secondary N) is 1. The number of hydrogen-bond donors (Lipinski definition) is 4. The van der Waals surface area contributed by atoms with Gasteiger partial charge >= 0.3 is 5.97 Å². The Morgan fingerprint density at radius 2 is 1.43 bits per heavy atom. The second-order valence-corrected chi connectivity index (χ2v) is 15.3. The molecule has 0 radical (unpaired) electrons. The Bertz CT molecular complexity index is 1870. The lowest BCUT2D eigenvalue weighted by molar-refractivity contribution is -0.139. The number of halogens is 2. The third kappa shape index (κ3) is 7.70. The number of carbonyl (C=O) groups is 2. The Kier molecular flexibility index (Phi) is 9.91. The number of sulfone groups is 1. The zero-order valence-electron chi connectivity index (χ0n) is 23.0. The fourth-order valence-electron chi connectivity index (χ4n) is 4.39. The van der Waals surface area contributed by atoms with Gasteiger partial charge in [0.15, 0.2) is 17.0 Å². The van der Waals surface area contributed by atoms with E-state index in [1.54, 1.807) is 30.3 Å². The minimum Gasteiger partial charge on any atom is -0.508 e. The average Bonchev–Trinajstić information content (AvgIpc) is 2.95. The molecule has 44 heavy (non-hydrogen) atoms. The van der Waals surface area contributed by atoms with Gasteiger partial charge in [0, 0.05) is 23.3 Å². The second kappa shape index (κ2) is 13.3. The fraction of sp³-hybridized carbons (Fsp3) is 0.0968. The van der Waals surface area contributed by atoms with Crippen molar-refractivity contribution in [2.45, 2.75) is 17.4 Å². The number of amides is 1. The predicted molar refractivity (Wildman–Crippen MR) is 171 cm³/mol. The number of hydrogen-bond acceptors (Lipinski definition) is 7. The van der Waals surface area contributed by atoms with Crippen molar-refractivity contribution < 1.29 is 37.9 Å². The summed E-state index contributed by atoms with van der Waals surface area (Å²) in [6.07, 6.45) is 2.30. The molecule has 0 unspecified atom stereocenters. The molecule has 0 aliphatic heterocycles. The molecule has 4 N–H and O–H groups in total. The fourth-order valence-corrected chi connectivity index (χ4v) is 8.04. The first kappa shape index (κ1) is 32.8. The number of carboxylic acids is 1. The number of aliphatic carboxylic acids is 1. The molecular weight excluding hydrogens is 648 g/mol. The summed E-state index contributed by atoms with van der Waals surface area (Å²) in [5, 5.41) is 32.5. The van der Waals surface area contributed by atoms with Gasteiger partial charge in [-0.15, -0.1) is 0 Å². The van der Waals surface area contributed by atoms with Gasteiger partial charge < -0.3 is 25.2 Å². The van der Waals surface area contributed by atoms with E-state index in [-0.39, 0.29) is 38.4 Å². The van der Waals surface area contributed by atoms with E-state index in [1.807, 2.05) is 0 Å². The molecule has 1 atom stereocenters. The van der Waals surface area contributed by atoms with Gasteiger partial charge in [0.05, 0.1) is 20.5 Å². The van der Waals surface area contributed by atoms with Gasteiger partial charge in [-0.3, -0.25) is 4.79 Å². The summed E-state index contributed by atoms with van der Waals surface area (Å²) in [6.45, 7) is 0. The van der Waals surface area contributed by atoms with Crippen LogP contribution in [0.1, 0.15) is 21.5 Å². The Morgan fingerprint density at radius 1 is 0.886 bits per heavy atom. The van der Waals surface area contributed by atoms with Gasteiger partial charge in [-0.2, -0.15) is 0 Å². The highest BCUT2D eigenvalue weighted by Crippen LogP contribution is 2.47. The highest BCUT2D eigenvalue weighted by Gasteiger charge is 2.27. The highest BCUT2D eigenvalue weighted by atomic mass is 35.5. The van der Waals surface area contributed by atoms with Crippen LogP contribution in [0.5, 0.6) is 11.5 Å². The van der Waals surface area contributed by atoms with E-state index < -0.39 is 34.9 Å². The zero-order valence-corrected chi connectivity index (χ0v) is 26.2. The van der Waals surface area contributed by atoms with Crippen LogP contribution in [0.3, 0.4) is 0 Å². The minimum atomic E-state index is -3.55. The summed E-state index contributed by atoms with van der Waals surface area (Å²) < 4.78 is 38.1. The molecule has 13 heteroatoms.